The molecule has 2 heterocycles. The molecule has 7 nitrogen and oxygen atoms in total. The summed E-state index contributed by atoms with van der Waals surface area (Å²) in [6, 6.07) is 21.4. The lowest BCUT2D eigenvalue weighted by molar-refractivity contribution is 0.399. The van der Waals surface area contributed by atoms with Crippen LogP contribution in [0.5, 0.6) is 0 Å². The highest BCUT2D eigenvalue weighted by molar-refractivity contribution is 5.94. The van der Waals surface area contributed by atoms with E-state index < -0.39 is 0 Å². The number of aliphatic hydroxyl groups is 1. The topological polar surface area (TPSA) is 90.7 Å². The van der Waals surface area contributed by atoms with Gasteiger partial charge in [0.2, 0.25) is 0 Å². The zero-order valence-electron chi connectivity index (χ0n) is 25.0. The highest BCUT2D eigenvalue weighted by atomic mass is 16.2. The fraction of sp³-hybridized carbons (Fsp3) is 0.235. The van der Waals surface area contributed by atoms with Crippen molar-refractivity contribution in [1.82, 2.24) is 15.2 Å². The van der Waals surface area contributed by atoms with E-state index in [1.54, 1.807) is 6.07 Å². The van der Waals surface area contributed by atoms with Gasteiger partial charge in [-0.3, -0.25) is 9.36 Å². The summed E-state index contributed by atoms with van der Waals surface area (Å²) in [7, 11) is 2.93. The van der Waals surface area contributed by atoms with Crippen LogP contribution in [0.25, 0.3) is 11.8 Å². The molecule has 0 aliphatic carbocycles. The standard InChI is InChI=1S/C25H27N5O.C6H10.C2H4.CH4O/c1-18-22(27-16-15-26-2)14-13-21-23(31)17-24(29-19-9-5-3-6-10-19)30(25(21)28-18)20-11-7-4-8-12-20;1-3-5-6-4-2;2*1-2/h3-14,17,22,26-27,29H,15-16H2,1-2H3;3-6H,1-2H3;1-2H2;2H,1H3/b;5-3-,6-4-;;. The lowest BCUT2D eigenvalue weighted by Gasteiger charge is -2.20. The van der Waals surface area contributed by atoms with Crippen molar-refractivity contribution >= 4 is 29.1 Å². The Balaban J connectivity index is 0.000000737. The number of hydrogen-bond acceptors (Lipinski definition) is 6. The molecule has 0 amide bonds. The molecule has 0 saturated heterocycles. The van der Waals surface area contributed by atoms with Gasteiger partial charge < -0.3 is 21.1 Å². The molecule has 7 heteroatoms. The van der Waals surface area contributed by atoms with Crippen LogP contribution in [0, 0.1) is 0 Å². The lowest BCUT2D eigenvalue weighted by atomic mass is 10.1. The molecule has 4 N–H and O–H groups in total. The predicted molar refractivity (Wildman–Crippen MR) is 178 cm³/mol. The molecule has 3 aromatic rings. The quantitative estimate of drug-likeness (QED) is 0.146. The van der Waals surface area contributed by atoms with Crippen LogP contribution in [0.2, 0.25) is 0 Å². The minimum atomic E-state index is -0.0655. The molecule has 0 bridgehead atoms. The number of likely N-dealkylation sites (N-methyl/N-ethyl adjacent to an activating group) is 1. The number of anilines is 2. The van der Waals surface area contributed by atoms with E-state index in [1.165, 1.54) is 0 Å². The largest absolute Gasteiger partial charge is 0.400 e. The molecule has 0 fully saturated rings. The Morgan fingerprint density at radius 1 is 0.951 bits per heavy atom. The average molecular weight is 556 g/mol. The van der Waals surface area contributed by atoms with Crippen molar-refractivity contribution in [3.8, 4) is 5.69 Å². The number of fused-ring (bicyclic) bond motifs is 1. The second-order valence-electron chi connectivity index (χ2n) is 8.49. The monoisotopic (exact) mass is 555 g/mol. The Morgan fingerprint density at radius 2 is 1.54 bits per heavy atom. The van der Waals surface area contributed by atoms with Gasteiger partial charge in [0.25, 0.3) is 0 Å². The number of hydrogen-bond donors (Lipinski definition) is 4. The van der Waals surface area contributed by atoms with Gasteiger partial charge in [0.05, 0.1) is 11.6 Å². The van der Waals surface area contributed by atoms with E-state index in [4.69, 9.17) is 10.1 Å². The van der Waals surface area contributed by atoms with Crippen LogP contribution in [0.3, 0.4) is 0 Å². The number of aliphatic hydroxyl groups excluding tert-OH is 1. The fourth-order valence-corrected chi connectivity index (χ4v) is 3.84. The first-order valence-electron chi connectivity index (χ1n) is 13.6. The molecular formula is C34H45N5O2. The number of benzene rings is 2. The van der Waals surface area contributed by atoms with Crippen LogP contribution in [-0.2, 0) is 0 Å². The van der Waals surface area contributed by atoms with E-state index in [1.807, 2.05) is 130 Å². The maximum atomic E-state index is 13.1. The maximum absolute atomic E-state index is 13.1. The molecule has 218 valence electrons. The molecule has 1 atom stereocenters. The second-order valence-corrected chi connectivity index (χ2v) is 8.49. The number of aliphatic imine (C=N–C) groups is 1. The van der Waals surface area contributed by atoms with E-state index >= 15 is 0 Å². The van der Waals surface area contributed by atoms with Crippen LogP contribution in [0.1, 0.15) is 26.3 Å². The Hall–Kier alpha value is -4.30. The number of rotatable bonds is 8. The van der Waals surface area contributed by atoms with Gasteiger partial charge in [-0.15, -0.1) is 13.2 Å². The summed E-state index contributed by atoms with van der Waals surface area (Å²) in [5, 5.41) is 17.0. The van der Waals surface area contributed by atoms with Gasteiger partial charge in [0.15, 0.2) is 5.43 Å². The normalized spacial score (nSPS) is 13.4. The third kappa shape index (κ3) is 11.0. The number of nitrogens with one attached hydrogen (secondary N) is 3. The molecule has 0 spiro atoms. The van der Waals surface area contributed by atoms with Gasteiger partial charge in [-0.2, -0.15) is 0 Å². The van der Waals surface area contributed by atoms with Crippen LogP contribution >= 0.6 is 0 Å². The van der Waals surface area contributed by atoms with Crippen molar-refractivity contribution in [3.63, 3.8) is 0 Å². The first kappa shape index (κ1) is 34.7. The van der Waals surface area contributed by atoms with Gasteiger partial charge >= 0.3 is 0 Å². The third-order valence-corrected chi connectivity index (χ3v) is 5.71. The summed E-state index contributed by atoms with van der Waals surface area (Å²) >= 11 is 0. The molecule has 1 aromatic heterocycles. The van der Waals surface area contributed by atoms with E-state index in [0.29, 0.717) is 17.2 Å². The van der Waals surface area contributed by atoms with Crippen molar-refractivity contribution in [3.05, 3.63) is 126 Å². The molecule has 0 radical (unpaired) electrons. The highest BCUT2D eigenvalue weighted by Crippen LogP contribution is 2.31. The van der Waals surface area contributed by atoms with Crippen molar-refractivity contribution in [1.29, 1.82) is 0 Å². The Labute approximate surface area is 245 Å². The molecule has 4 rings (SSSR count). The van der Waals surface area contributed by atoms with E-state index in [9.17, 15) is 4.79 Å². The van der Waals surface area contributed by atoms with Gasteiger partial charge in [-0.05, 0) is 58.2 Å². The molecular weight excluding hydrogens is 510 g/mol. The van der Waals surface area contributed by atoms with Crippen molar-refractivity contribution < 1.29 is 5.11 Å². The number of nitrogens with zero attached hydrogens (tertiary/aromatic N) is 2. The van der Waals surface area contributed by atoms with Crippen molar-refractivity contribution in [2.45, 2.75) is 26.8 Å². The molecule has 0 saturated carbocycles. The first-order valence-corrected chi connectivity index (χ1v) is 13.6. The molecule has 1 aliphatic rings. The maximum Gasteiger partial charge on any atom is 0.193 e. The number of pyridine rings is 1. The fourth-order valence-electron chi connectivity index (χ4n) is 3.84. The first-order chi connectivity index (χ1) is 20.1. The highest BCUT2D eigenvalue weighted by Gasteiger charge is 2.20. The van der Waals surface area contributed by atoms with Crippen LogP contribution < -0.4 is 21.4 Å². The minimum Gasteiger partial charge on any atom is -0.400 e. The molecule has 1 unspecified atom stereocenters. The molecule has 41 heavy (non-hydrogen) atoms. The lowest BCUT2D eigenvalue weighted by Crippen LogP contribution is -2.37. The van der Waals surface area contributed by atoms with E-state index in [2.05, 4.69) is 29.1 Å². The number of aromatic nitrogens is 1. The third-order valence-electron chi connectivity index (χ3n) is 5.71. The zero-order valence-corrected chi connectivity index (χ0v) is 25.0. The number of allylic oxidation sites excluding steroid dienone is 4. The average Bonchev–Trinajstić information content (AvgIpc) is 3.18. The number of para-hydroxylation sites is 2. The summed E-state index contributed by atoms with van der Waals surface area (Å²) in [6.45, 7) is 13.7. The summed E-state index contributed by atoms with van der Waals surface area (Å²) in [5.74, 6) is 1.30. The van der Waals surface area contributed by atoms with Crippen LogP contribution in [0.4, 0.5) is 17.3 Å². The summed E-state index contributed by atoms with van der Waals surface area (Å²) in [6.07, 6.45) is 11.9. The Kier molecular flexibility index (Phi) is 17.4. The Bertz CT molecular complexity index is 1320. The Morgan fingerprint density at radius 3 is 2.10 bits per heavy atom. The van der Waals surface area contributed by atoms with Gasteiger partial charge in [-0.1, -0.05) is 66.8 Å². The van der Waals surface area contributed by atoms with Gasteiger partial charge in [-0.25, -0.2) is 4.99 Å². The van der Waals surface area contributed by atoms with Crippen LogP contribution in [0.15, 0.2) is 120 Å². The SMILES string of the molecule is C/C=C\C=C/C.C=C.CNCCNC1C=Cc2c(n(-c3ccccc3)c(Nc3ccccc3)cc2=O)N=C1C.CO. The zero-order chi connectivity index (χ0) is 30.5. The van der Waals surface area contributed by atoms with Crippen molar-refractivity contribution in [2.75, 3.05) is 32.6 Å². The summed E-state index contributed by atoms with van der Waals surface area (Å²) in [5.41, 5.74) is 3.27. The second kappa shape index (κ2) is 20.6. The molecule has 2 aromatic carbocycles. The van der Waals surface area contributed by atoms with E-state index in [0.717, 1.165) is 37.3 Å². The van der Waals surface area contributed by atoms with E-state index in [-0.39, 0.29) is 11.5 Å². The minimum absolute atomic E-state index is 0.0325. The van der Waals surface area contributed by atoms with Crippen molar-refractivity contribution in [2.24, 2.45) is 4.99 Å². The predicted octanol–water partition coefficient (Wildman–Crippen LogP) is 6.43. The van der Waals surface area contributed by atoms with Gasteiger partial charge in [0.1, 0.15) is 11.6 Å². The summed E-state index contributed by atoms with van der Waals surface area (Å²) < 4.78 is 2.01. The molecule has 1 aliphatic heterocycles. The van der Waals surface area contributed by atoms with Crippen LogP contribution in [-0.4, -0.2) is 48.7 Å². The smallest absolute Gasteiger partial charge is 0.193 e. The summed E-state index contributed by atoms with van der Waals surface area (Å²) in [4.78, 5) is 18.0. The van der Waals surface area contributed by atoms with Gasteiger partial charge in [0, 0.05) is 43.4 Å².